The number of likely N-dealkylation sites (tertiary alicyclic amines) is 1. The van der Waals surface area contributed by atoms with Crippen LogP contribution in [0.15, 0.2) is 54.6 Å². The van der Waals surface area contributed by atoms with Gasteiger partial charge in [0, 0.05) is 44.8 Å². The Bertz CT molecular complexity index is 922. The van der Waals surface area contributed by atoms with Gasteiger partial charge in [0.15, 0.2) is 0 Å². The van der Waals surface area contributed by atoms with Gasteiger partial charge in [0.25, 0.3) is 0 Å². The van der Waals surface area contributed by atoms with Gasteiger partial charge in [-0.2, -0.15) is 0 Å². The Morgan fingerprint density at radius 2 is 1.82 bits per heavy atom. The predicted octanol–water partition coefficient (Wildman–Crippen LogP) is 4.10. The largest absolute Gasteiger partial charge is 0.371 e. The van der Waals surface area contributed by atoms with Crippen molar-refractivity contribution in [1.82, 2.24) is 15.5 Å². The van der Waals surface area contributed by atoms with Crippen LogP contribution in [0.4, 0.5) is 14.9 Å². The molecule has 2 saturated heterocycles. The fraction of sp³-hybridized carbons (Fsp3) is 0.462. The lowest BCUT2D eigenvalue weighted by atomic mass is 10.1. The number of hydrogen-bond acceptors (Lipinski definition) is 3. The van der Waals surface area contributed by atoms with Crippen molar-refractivity contribution in [1.29, 1.82) is 0 Å². The quantitative estimate of drug-likeness (QED) is 0.665. The number of nitrogens with one attached hydrogen (secondary N) is 2. The molecule has 2 N–H and O–H groups in total. The van der Waals surface area contributed by atoms with E-state index in [1.807, 2.05) is 35.2 Å². The van der Waals surface area contributed by atoms with E-state index in [4.69, 9.17) is 0 Å². The van der Waals surface area contributed by atoms with Crippen LogP contribution < -0.4 is 15.5 Å². The summed E-state index contributed by atoms with van der Waals surface area (Å²) in [7, 11) is 0. The van der Waals surface area contributed by atoms with Crippen molar-refractivity contribution in [2.24, 2.45) is 5.92 Å². The molecule has 0 bridgehead atoms. The molecule has 0 radical (unpaired) electrons. The topological polar surface area (TPSA) is 64.7 Å². The summed E-state index contributed by atoms with van der Waals surface area (Å²) in [5, 5.41) is 6.12. The summed E-state index contributed by atoms with van der Waals surface area (Å²) in [5.74, 6) is 0.272. The smallest absolute Gasteiger partial charge is 0.315 e. The van der Waals surface area contributed by atoms with Crippen LogP contribution >= 0.6 is 0 Å². The first-order valence-electron chi connectivity index (χ1n) is 12.0. The zero-order valence-electron chi connectivity index (χ0n) is 19.0. The standard InChI is InChI=1S/C26H33FN4O2/c27-22-10-12-23(13-11-22)30-16-14-20(18-30)17-28-26(33)29-24(21-7-3-1-4-8-21)19-31-15-6-2-5-9-25(31)32/h1,3-4,7-8,10-13,20,24H,2,5-6,9,14-19H2,(H2,28,29,33). The maximum atomic E-state index is 13.2. The van der Waals surface area contributed by atoms with Gasteiger partial charge in [-0.3, -0.25) is 4.79 Å². The molecule has 0 aliphatic carbocycles. The molecule has 2 aliphatic rings. The third kappa shape index (κ3) is 6.46. The van der Waals surface area contributed by atoms with E-state index in [0.717, 1.165) is 56.6 Å². The second-order valence-corrected chi connectivity index (χ2v) is 9.05. The van der Waals surface area contributed by atoms with Crippen LogP contribution in [0.5, 0.6) is 0 Å². The number of amides is 3. The summed E-state index contributed by atoms with van der Waals surface area (Å²) in [6.07, 6.45) is 4.58. The van der Waals surface area contributed by atoms with Crippen LogP contribution in [-0.2, 0) is 4.79 Å². The van der Waals surface area contributed by atoms with Crippen molar-refractivity contribution in [3.05, 3.63) is 66.0 Å². The van der Waals surface area contributed by atoms with Gasteiger partial charge < -0.3 is 20.4 Å². The predicted molar refractivity (Wildman–Crippen MR) is 127 cm³/mol. The van der Waals surface area contributed by atoms with Crippen molar-refractivity contribution in [3.63, 3.8) is 0 Å². The van der Waals surface area contributed by atoms with Gasteiger partial charge in [-0.05, 0) is 55.0 Å². The maximum absolute atomic E-state index is 13.2. The molecule has 4 rings (SSSR count). The fourth-order valence-corrected chi connectivity index (χ4v) is 4.70. The third-order valence-corrected chi connectivity index (χ3v) is 6.61. The average molecular weight is 453 g/mol. The summed E-state index contributed by atoms with van der Waals surface area (Å²) in [6, 6.07) is 15.9. The van der Waals surface area contributed by atoms with Crippen LogP contribution in [0.25, 0.3) is 0 Å². The summed E-state index contributed by atoms with van der Waals surface area (Å²) >= 11 is 0. The van der Waals surface area contributed by atoms with E-state index in [1.54, 1.807) is 12.1 Å². The van der Waals surface area contributed by atoms with Crippen LogP contribution in [-0.4, -0.2) is 49.6 Å². The molecule has 7 heteroatoms. The number of benzene rings is 2. The van der Waals surface area contributed by atoms with Gasteiger partial charge in [0.2, 0.25) is 5.91 Å². The zero-order chi connectivity index (χ0) is 23.0. The fourth-order valence-electron chi connectivity index (χ4n) is 4.70. The molecule has 2 aromatic rings. The van der Waals surface area contributed by atoms with Gasteiger partial charge in [0.05, 0.1) is 6.04 Å². The second kappa shape index (κ2) is 11.2. The van der Waals surface area contributed by atoms with E-state index < -0.39 is 0 Å². The Kier molecular flexibility index (Phi) is 7.81. The van der Waals surface area contributed by atoms with Gasteiger partial charge in [0.1, 0.15) is 5.82 Å². The molecule has 2 unspecified atom stereocenters. The molecule has 176 valence electrons. The average Bonchev–Trinajstić information content (AvgIpc) is 3.22. The number of carbonyl (C=O) groups is 2. The molecule has 2 heterocycles. The molecule has 0 spiro atoms. The summed E-state index contributed by atoms with van der Waals surface area (Å²) < 4.78 is 13.2. The SMILES string of the molecule is O=C(NCC1CCN(c2ccc(F)cc2)C1)NC(CN1CCCCCC1=O)c1ccccc1. The minimum Gasteiger partial charge on any atom is -0.371 e. The van der Waals surface area contributed by atoms with Crippen molar-refractivity contribution >= 4 is 17.6 Å². The third-order valence-electron chi connectivity index (χ3n) is 6.61. The van der Waals surface area contributed by atoms with E-state index in [9.17, 15) is 14.0 Å². The highest BCUT2D eigenvalue weighted by molar-refractivity contribution is 5.77. The van der Waals surface area contributed by atoms with Gasteiger partial charge in [-0.25, -0.2) is 9.18 Å². The zero-order valence-corrected chi connectivity index (χ0v) is 19.0. The second-order valence-electron chi connectivity index (χ2n) is 9.05. The molecule has 2 aliphatic heterocycles. The lowest BCUT2D eigenvalue weighted by Crippen LogP contribution is -2.45. The summed E-state index contributed by atoms with van der Waals surface area (Å²) in [5.41, 5.74) is 2.00. The normalized spacial score (nSPS) is 19.8. The monoisotopic (exact) mass is 452 g/mol. The van der Waals surface area contributed by atoms with Gasteiger partial charge in [-0.15, -0.1) is 0 Å². The first kappa shape index (κ1) is 23.1. The van der Waals surface area contributed by atoms with E-state index in [1.165, 1.54) is 12.1 Å². The number of nitrogens with zero attached hydrogens (tertiary/aromatic N) is 2. The molecule has 2 aromatic carbocycles. The van der Waals surface area contributed by atoms with Crippen LogP contribution in [0.2, 0.25) is 0 Å². The minimum atomic E-state index is -0.257. The van der Waals surface area contributed by atoms with Gasteiger partial charge >= 0.3 is 6.03 Å². The number of carbonyl (C=O) groups excluding carboxylic acids is 2. The van der Waals surface area contributed by atoms with Crippen LogP contribution in [0.1, 0.15) is 43.7 Å². The number of hydrogen-bond donors (Lipinski definition) is 2. The van der Waals surface area contributed by atoms with Crippen LogP contribution in [0, 0.1) is 11.7 Å². The number of urea groups is 1. The lowest BCUT2D eigenvalue weighted by Gasteiger charge is -2.28. The van der Waals surface area contributed by atoms with Crippen molar-refractivity contribution in [2.75, 3.05) is 37.6 Å². The highest BCUT2D eigenvalue weighted by Gasteiger charge is 2.25. The summed E-state index contributed by atoms with van der Waals surface area (Å²) in [6.45, 7) is 3.53. The number of rotatable bonds is 7. The van der Waals surface area contributed by atoms with E-state index in [0.29, 0.717) is 25.4 Å². The Morgan fingerprint density at radius 3 is 2.61 bits per heavy atom. The van der Waals surface area contributed by atoms with E-state index >= 15 is 0 Å². The first-order valence-corrected chi connectivity index (χ1v) is 12.0. The Balaban J connectivity index is 1.31. The number of halogens is 1. The molecular weight excluding hydrogens is 419 g/mol. The maximum Gasteiger partial charge on any atom is 0.315 e. The van der Waals surface area contributed by atoms with Crippen molar-refractivity contribution in [2.45, 2.75) is 38.1 Å². The Morgan fingerprint density at radius 1 is 1.03 bits per heavy atom. The summed E-state index contributed by atoms with van der Waals surface area (Å²) in [4.78, 5) is 29.4. The molecule has 0 saturated carbocycles. The minimum absolute atomic E-state index is 0.169. The highest BCUT2D eigenvalue weighted by Crippen LogP contribution is 2.24. The molecule has 2 atom stereocenters. The molecule has 6 nitrogen and oxygen atoms in total. The van der Waals surface area contributed by atoms with E-state index in [2.05, 4.69) is 15.5 Å². The first-order chi connectivity index (χ1) is 16.1. The molecular formula is C26H33FN4O2. The number of anilines is 1. The molecule has 2 fully saturated rings. The Hall–Kier alpha value is -3.09. The Labute approximate surface area is 195 Å². The highest BCUT2D eigenvalue weighted by atomic mass is 19.1. The van der Waals surface area contributed by atoms with Gasteiger partial charge in [-0.1, -0.05) is 36.8 Å². The molecule has 3 amide bonds. The van der Waals surface area contributed by atoms with E-state index in [-0.39, 0.29) is 23.8 Å². The van der Waals surface area contributed by atoms with Crippen molar-refractivity contribution < 1.29 is 14.0 Å². The molecule has 0 aromatic heterocycles. The van der Waals surface area contributed by atoms with Crippen LogP contribution in [0.3, 0.4) is 0 Å². The molecule has 33 heavy (non-hydrogen) atoms. The lowest BCUT2D eigenvalue weighted by molar-refractivity contribution is -0.131. The van der Waals surface area contributed by atoms with Crippen molar-refractivity contribution in [3.8, 4) is 0 Å².